The van der Waals surface area contributed by atoms with E-state index in [1.807, 2.05) is 12.1 Å². The monoisotopic (exact) mass is 306 g/mol. The molecule has 0 saturated carbocycles. The lowest BCUT2D eigenvalue weighted by molar-refractivity contribution is 0.400. The summed E-state index contributed by atoms with van der Waals surface area (Å²) in [6.45, 7) is 0.344. The molecular weight excluding hydrogens is 296 g/mol. The van der Waals surface area contributed by atoms with E-state index >= 15 is 0 Å². The molecular formula is C14H11ClN2O2S. The summed E-state index contributed by atoms with van der Waals surface area (Å²) in [5.74, 6) is -0.260. The molecule has 6 heteroatoms. The zero-order chi connectivity index (χ0) is 14.1. The summed E-state index contributed by atoms with van der Waals surface area (Å²) >= 11 is 7.73. The predicted molar refractivity (Wildman–Crippen MR) is 81.7 cm³/mol. The Balaban J connectivity index is 1.92. The molecule has 20 heavy (non-hydrogen) atoms. The molecule has 3 rings (SSSR count). The first kappa shape index (κ1) is 13.0. The van der Waals surface area contributed by atoms with Crippen LogP contribution in [-0.2, 0) is 6.54 Å². The van der Waals surface area contributed by atoms with E-state index in [4.69, 9.17) is 11.6 Å². The van der Waals surface area contributed by atoms with Gasteiger partial charge in [0.15, 0.2) is 11.5 Å². The molecule has 102 valence electrons. The third kappa shape index (κ3) is 2.26. The highest BCUT2D eigenvalue weighted by Crippen LogP contribution is 2.34. The Bertz CT molecular complexity index is 773. The van der Waals surface area contributed by atoms with Crippen molar-refractivity contribution in [2.75, 3.05) is 5.32 Å². The maximum absolute atomic E-state index is 9.78. The van der Waals surface area contributed by atoms with Crippen molar-refractivity contribution in [2.45, 2.75) is 6.54 Å². The SMILES string of the molecule is Oc1cccc(CNc2c(Cl)ccc3scnc23)c1O. The Labute approximate surface area is 124 Å². The molecule has 3 aromatic rings. The predicted octanol–water partition coefficient (Wildman–Crippen LogP) is 3.97. The molecule has 0 aliphatic heterocycles. The van der Waals surface area contributed by atoms with E-state index in [0.29, 0.717) is 17.1 Å². The maximum atomic E-state index is 9.78. The smallest absolute Gasteiger partial charge is 0.162 e. The van der Waals surface area contributed by atoms with Gasteiger partial charge in [0.25, 0.3) is 0 Å². The lowest BCUT2D eigenvalue weighted by Crippen LogP contribution is -2.01. The van der Waals surface area contributed by atoms with Crippen molar-refractivity contribution in [1.82, 2.24) is 4.98 Å². The second-order valence-electron chi connectivity index (χ2n) is 4.26. The Hall–Kier alpha value is -1.98. The van der Waals surface area contributed by atoms with Gasteiger partial charge < -0.3 is 15.5 Å². The van der Waals surface area contributed by atoms with Gasteiger partial charge in [0.2, 0.25) is 0 Å². The van der Waals surface area contributed by atoms with Crippen molar-refractivity contribution >= 4 is 38.8 Å². The molecule has 0 unspecified atom stereocenters. The van der Waals surface area contributed by atoms with E-state index in [1.54, 1.807) is 17.6 Å². The van der Waals surface area contributed by atoms with Gasteiger partial charge in [-0.2, -0.15) is 0 Å². The molecule has 0 saturated heterocycles. The van der Waals surface area contributed by atoms with E-state index in [0.717, 1.165) is 15.9 Å². The van der Waals surface area contributed by atoms with Crippen LogP contribution >= 0.6 is 22.9 Å². The third-order valence-corrected chi connectivity index (χ3v) is 4.11. The highest BCUT2D eigenvalue weighted by atomic mass is 35.5. The lowest BCUT2D eigenvalue weighted by Gasteiger charge is -2.11. The number of aromatic nitrogens is 1. The fourth-order valence-electron chi connectivity index (χ4n) is 1.98. The van der Waals surface area contributed by atoms with Crippen LogP contribution in [0.2, 0.25) is 5.02 Å². The maximum Gasteiger partial charge on any atom is 0.162 e. The van der Waals surface area contributed by atoms with Crippen molar-refractivity contribution in [3.05, 3.63) is 46.4 Å². The second kappa shape index (κ2) is 5.19. The molecule has 4 nitrogen and oxygen atoms in total. The number of fused-ring (bicyclic) bond motifs is 1. The highest BCUT2D eigenvalue weighted by molar-refractivity contribution is 7.16. The molecule has 0 atom stereocenters. The van der Waals surface area contributed by atoms with Gasteiger partial charge in [0, 0.05) is 12.1 Å². The molecule has 0 aliphatic rings. The van der Waals surface area contributed by atoms with Gasteiger partial charge in [-0.1, -0.05) is 23.7 Å². The Morgan fingerprint density at radius 1 is 1.20 bits per heavy atom. The average molecular weight is 307 g/mol. The molecule has 0 radical (unpaired) electrons. The number of phenolic OH excluding ortho intramolecular Hbond substituents is 2. The van der Waals surface area contributed by atoms with Crippen molar-refractivity contribution < 1.29 is 10.2 Å². The van der Waals surface area contributed by atoms with Crippen molar-refractivity contribution in [3.8, 4) is 11.5 Å². The van der Waals surface area contributed by atoms with Crippen LogP contribution in [0.1, 0.15) is 5.56 Å². The Kier molecular flexibility index (Phi) is 3.38. The Morgan fingerprint density at radius 3 is 2.90 bits per heavy atom. The molecule has 2 aromatic carbocycles. The van der Waals surface area contributed by atoms with Crippen LogP contribution in [0, 0.1) is 0 Å². The van der Waals surface area contributed by atoms with Crippen LogP contribution in [0.25, 0.3) is 10.2 Å². The van der Waals surface area contributed by atoms with Crippen LogP contribution in [-0.4, -0.2) is 15.2 Å². The molecule has 0 aliphatic carbocycles. The standard InChI is InChI=1S/C14H11ClN2O2S/c15-9-4-5-11-13(17-7-20-11)12(9)16-6-8-2-1-3-10(18)14(8)19/h1-5,7,16,18-19H,6H2. The van der Waals surface area contributed by atoms with Crippen LogP contribution < -0.4 is 5.32 Å². The number of para-hydroxylation sites is 1. The fourth-order valence-corrected chi connectivity index (χ4v) is 2.88. The van der Waals surface area contributed by atoms with Crippen LogP contribution in [0.5, 0.6) is 11.5 Å². The second-order valence-corrected chi connectivity index (χ2v) is 5.55. The first-order valence-electron chi connectivity index (χ1n) is 5.92. The molecule has 0 spiro atoms. The number of hydrogen-bond acceptors (Lipinski definition) is 5. The summed E-state index contributed by atoms with van der Waals surface area (Å²) in [4.78, 5) is 4.29. The van der Waals surface area contributed by atoms with Gasteiger partial charge in [0.05, 0.1) is 20.9 Å². The number of aromatic hydroxyl groups is 2. The van der Waals surface area contributed by atoms with Gasteiger partial charge >= 0.3 is 0 Å². The lowest BCUT2D eigenvalue weighted by atomic mass is 10.2. The number of nitrogens with zero attached hydrogens (tertiary/aromatic N) is 1. The Morgan fingerprint density at radius 2 is 2.05 bits per heavy atom. The topological polar surface area (TPSA) is 65.4 Å². The van der Waals surface area contributed by atoms with E-state index in [2.05, 4.69) is 10.3 Å². The van der Waals surface area contributed by atoms with E-state index in [-0.39, 0.29) is 11.5 Å². The summed E-state index contributed by atoms with van der Waals surface area (Å²) in [7, 11) is 0. The number of benzene rings is 2. The number of rotatable bonds is 3. The van der Waals surface area contributed by atoms with Gasteiger partial charge in [-0.3, -0.25) is 0 Å². The molecule has 0 fully saturated rings. The third-order valence-electron chi connectivity index (χ3n) is 3.01. The normalized spacial score (nSPS) is 10.8. The first-order valence-corrected chi connectivity index (χ1v) is 7.18. The van der Waals surface area contributed by atoms with Crippen molar-refractivity contribution in [2.24, 2.45) is 0 Å². The van der Waals surface area contributed by atoms with E-state index < -0.39 is 0 Å². The average Bonchev–Trinajstić information content (AvgIpc) is 2.90. The molecule has 1 aromatic heterocycles. The molecule has 3 N–H and O–H groups in total. The summed E-state index contributed by atoms with van der Waals surface area (Å²) in [5, 5.41) is 23.0. The fraction of sp³-hybridized carbons (Fsp3) is 0.0714. The summed E-state index contributed by atoms with van der Waals surface area (Å²) in [5.41, 5.74) is 3.89. The van der Waals surface area contributed by atoms with Gasteiger partial charge in [0.1, 0.15) is 5.52 Å². The molecule has 1 heterocycles. The minimum Gasteiger partial charge on any atom is -0.504 e. The summed E-state index contributed by atoms with van der Waals surface area (Å²) in [6.07, 6.45) is 0. The number of nitrogens with one attached hydrogen (secondary N) is 1. The van der Waals surface area contributed by atoms with Crippen molar-refractivity contribution in [3.63, 3.8) is 0 Å². The van der Waals surface area contributed by atoms with Crippen molar-refractivity contribution in [1.29, 1.82) is 0 Å². The highest BCUT2D eigenvalue weighted by Gasteiger charge is 2.10. The minimum atomic E-state index is -0.137. The van der Waals surface area contributed by atoms with Crippen LogP contribution in [0.3, 0.4) is 0 Å². The quantitative estimate of drug-likeness (QED) is 0.641. The molecule has 0 amide bonds. The van der Waals surface area contributed by atoms with Gasteiger partial charge in [-0.05, 0) is 18.2 Å². The number of hydrogen-bond donors (Lipinski definition) is 3. The van der Waals surface area contributed by atoms with Crippen LogP contribution in [0.4, 0.5) is 5.69 Å². The van der Waals surface area contributed by atoms with E-state index in [1.165, 1.54) is 17.4 Å². The summed E-state index contributed by atoms with van der Waals surface area (Å²) < 4.78 is 1.04. The van der Waals surface area contributed by atoms with Gasteiger partial charge in [-0.15, -0.1) is 11.3 Å². The number of phenols is 2. The largest absolute Gasteiger partial charge is 0.504 e. The number of halogens is 1. The number of thiazole rings is 1. The molecule has 0 bridgehead atoms. The summed E-state index contributed by atoms with van der Waals surface area (Å²) in [6, 6.07) is 8.58. The zero-order valence-corrected chi connectivity index (χ0v) is 11.9. The zero-order valence-electron chi connectivity index (χ0n) is 10.3. The minimum absolute atomic E-state index is 0.124. The van der Waals surface area contributed by atoms with Crippen LogP contribution in [0.15, 0.2) is 35.8 Å². The number of anilines is 1. The van der Waals surface area contributed by atoms with E-state index in [9.17, 15) is 10.2 Å². The first-order chi connectivity index (χ1) is 9.66. The van der Waals surface area contributed by atoms with Gasteiger partial charge in [-0.25, -0.2) is 4.98 Å².